The van der Waals surface area contributed by atoms with E-state index in [0.29, 0.717) is 0 Å². The number of nitrogens with zero attached hydrogens (tertiary/aromatic N) is 2. The van der Waals surface area contributed by atoms with Crippen LogP contribution >= 0.6 is 0 Å². The summed E-state index contributed by atoms with van der Waals surface area (Å²) in [7, 11) is 0. The second-order valence-electron chi connectivity index (χ2n) is 7.29. The van der Waals surface area contributed by atoms with Crippen LogP contribution in [0.3, 0.4) is 0 Å². The summed E-state index contributed by atoms with van der Waals surface area (Å²) in [6, 6.07) is 0. The Balaban J connectivity index is 1.64. The molecular formula is C16H31N3O2. The number of ether oxygens (including phenoxy) is 1. The van der Waals surface area contributed by atoms with Gasteiger partial charge >= 0.3 is 6.09 Å². The van der Waals surface area contributed by atoms with Crippen LogP contribution in [-0.4, -0.2) is 67.3 Å². The van der Waals surface area contributed by atoms with Gasteiger partial charge in [-0.1, -0.05) is 0 Å². The molecule has 2 aliphatic heterocycles. The fraction of sp³-hybridized carbons (Fsp3) is 0.938. The summed E-state index contributed by atoms with van der Waals surface area (Å²) in [6.07, 6.45) is 3.77. The summed E-state index contributed by atoms with van der Waals surface area (Å²) >= 11 is 0. The lowest BCUT2D eigenvalue weighted by Crippen LogP contribution is -2.50. The van der Waals surface area contributed by atoms with Crippen LogP contribution in [-0.2, 0) is 4.74 Å². The van der Waals surface area contributed by atoms with Gasteiger partial charge in [0.05, 0.1) is 0 Å². The highest BCUT2D eigenvalue weighted by Gasteiger charge is 2.26. The Labute approximate surface area is 129 Å². The molecular weight excluding hydrogens is 266 g/mol. The molecule has 0 radical (unpaired) electrons. The number of carbonyl (C=O) groups excluding carboxylic acids is 1. The van der Waals surface area contributed by atoms with Crippen LogP contribution in [0.1, 0.15) is 40.0 Å². The summed E-state index contributed by atoms with van der Waals surface area (Å²) in [5, 5.41) is 3.42. The Morgan fingerprint density at radius 1 is 1.14 bits per heavy atom. The SMILES string of the molecule is CC(C)(C)OC(=O)N1CCN(CCC2CCNCC2)CC1. The molecule has 0 saturated carbocycles. The van der Waals surface area contributed by atoms with Gasteiger partial charge in [0.2, 0.25) is 0 Å². The molecule has 0 aromatic rings. The fourth-order valence-electron chi connectivity index (χ4n) is 3.02. The molecule has 0 unspecified atom stereocenters. The molecule has 1 amide bonds. The minimum atomic E-state index is -0.400. The lowest BCUT2D eigenvalue weighted by molar-refractivity contribution is 0.0140. The summed E-state index contributed by atoms with van der Waals surface area (Å²) in [5.74, 6) is 0.884. The zero-order valence-corrected chi connectivity index (χ0v) is 13.9. The number of hydrogen-bond donors (Lipinski definition) is 1. The van der Waals surface area contributed by atoms with Gasteiger partial charge in [-0.3, -0.25) is 4.90 Å². The van der Waals surface area contributed by atoms with E-state index in [9.17, 15) is 4.79 Å². The smallest absolute Gasteiger partial charge is 0.410 e. The highest BCUT2D eigenvalue weighted by Crippen LogP contribution is 2.17. The third kappa shape index (κ3) is 5.83. The monoisotopic (exact) mass is 297 g/mol. The Bertz CT molecular complexity index is 327. The van der Waals surface area contributed by atoms with Crippen LogP contribution in [0, 0.1) is 5.92 Å². The molecule has 2 rings (SSSR count). The molecule has 0 spiro atoms. The number of amides is 1. The van der Waals surface area contributed by atoms with Crippen molar-refractivity contribution < 1.29 is 9.53 Å². The highest BCUT2D eigenvalue weighted by atomic mass is 16.6. The van der Waals surface area contributed by atoms with Crippen LogP contribution in [0.2, 0.25) is 0 Å². The first-order valence-electron chi connectivity index (χ1n) is 8.35. The maximum atomic E-state index is 12.0. The topological polar surface area (TPSA) is 44.8 Å². The predicted molar refractivity (Wildman–Crippen MR) is 84.5 cm³/mol. The molecule has 5 nitrogen and oxygen atoms in total. The van der Waals surface area contributed by atoms with Gasteiger partial charge in [0.1, 0.15) is 5.60 Å². The van der Waals surface area contributed by atoms with E-state index in [4.69, 9.17) is 4.74 Å². The lowest BCUT2D eigenvalue weighted by atomic mass is 9.94. The zero-order valence-electron chi connectivity index (χ0n) is 13.9. The van der Waals surface area contributed by atoms with Crippen LogP contribution in [0.25, 0.3) is 0 Å². The van der Waals surface area contributed by atoms with Gasteiger partial charge in [0, 0.05) is 26.2 Å². The number of carbonyl (C=O) groups is 1. The maximum Gasteiger partial charge on any atom is 0.410 e. The quantitative estimate of drug-likeness (QED) is 0.864. The predicted octanol–water partition coefficient (Wildman–Crippen LogP) is 1.93. The first-order chi connectivity index (χ1) is 9.94. The van der Waals surface area contributed by atoms with Crippen LogP contribution in [0.15, 0.2) is 0 Å². The Morgan fingerprint density at radius 2 is 1.76 bits per heavy atom. The zero-order chi connectivity index (χ0) is 15.3. The van der Waals surface area contributed by atoms with Gasteiger partial charge in [0.25, 0.3) is 0 Å². The standard InChI is InChI=1S/C16H31N3O2/c1-16(2,3)21-15(20)19-12-10-18(11-13-19)9-6-14-4-7-17-8-5-14/h14,17H,4-13H2,1-3H3. The van der Waals surface area contributed by atoms with E-state index < -0.39 is 5.60 Å². The van der Waals surface area contributed by atoms with E-state index in [1.807, 2.05) is 25.7 Å². The van der Waals surface area contributed by atoms with Crippen LogP contribution in [0.4, 0.5) is 4.79 Å². The minimum absolute atomic E-state index is 0.166. The third-order valence-corrected chi connectivity index (χ3v) is 4.34. The Hall–Kier alpha value is -0.810. The third-order valence-electron chi connectivity index (χ3n) is 4.34. The highest BCUT2D eigenvalue weighted by molar-refractivity contribution is 5.68. The van der Waals surface area contributed by atoms with Crippen LogP contribution < -0.4 is 5.32 Å². The van der Waals surface area contributed by atoms with E-state index in [2.05, 4.69) is 10.2 Å². The van der Waals surface area contributed by atoms with E-state index in [-0.39, 0.29) is 6.09 Å². The Kier molecular flexibility index (Phi) is 5.88. The van der Waals surface area contributed by atoms with E-state index in [1.54, 1.807) is 0 Å². The summed E-state index contributed by atoms with van der Waals surface area (Å²) < 4.78 is 5.43. The van der Waals surface area contributed by atoms with Crippen molar-refractivity contribution in [3.63, 3.8) is 0 Å². The number of rotatable bonds is 3. The van der Waals surface area contributed by atoms with Gasteiger partial charge in [-0.15, -0.1) is 0 Å². The normalized spacial score (nSPS) is 22.3. The van der Waals surface area contributed by atoms with Crippen molar-refractivity contribution in [3.05, 3.63) is 0 Å². The largest absolute Gasteiger partial charge is 0.444 e. The average molecular weight is 297 g/mol. The second kappa shape index (κ2) is 7.45. The van der Waals surface area contributed by atoms with Crippen molar-refractivity contribution in [2.75, 3.05) is 45.8 Å². The molecule has 2 saturated heterocycles. The van der Waals surface area contributed by atoms with Crippen molar-refractivity contribution in [2.45, 2.75) is 45.6 Å². The van der Waals surface area contributed by atoms with E-state index in [1.165, 1.54) is 38.9 Å². The number of piperazine rings is 1. The van der Waals surface area contributed by atoms with Crippen molar-refractivity contribution >= 4 is 6.09 Å². The van der Waals surface area contributed by atoms with Crippen molar-refractivity contribution in [1.82, 2.24) is 15.1 Å². The summed E-state index contributed by atoms with van der Waals surface area (Å²) in [5.41, 5.74) is -0.400. The van der Waals surface area contributed by atoms with E-state index in [0.717, 1.165) is 32.1 Å². The lowest BCUT2D eigenvalue weighted by Gasteiger charge is -2.36. The second-order valence-corrected chi connectivity index (χ2v) is 7.29. The first-order valence-corrected chi connectivity index (χ1v) is 8.35. The molecule has 0 bridgehead atoms. The molecule has 2 heterocycles. The molecule has 21 heavy (non-hydrogen) atoms. The summed E-state index contributed by atoms with van der Waals surface area (Å²) in [4.78, 5) is 16.3. The van der Waals surface area contributed by atoms with Gasteiger partial charge in [-0.05, 0) is 65.6 Å². The van der Waals surface area contributed by atoms with E-state index >= 15 is 0 Å². The molecule has 0 aliphatic carbocycles. The van der Waals surface area contributed by atoms with Crippen LogP contribution in [0.5, 0.6) is 0 Å². The minimum Gasteiger partial charge on any atom is -0.444 e. The number of piperidine rings is 1. The molecule has 2 aliphatic rings. The van der Waals surface area contributed by atoms with Crippen molar-refractivity contribution in [2.24, 2.45) is 5.92 Å². The molecule has 122 valence electrons. The first kappa shape index (κ1) is 16.6. The van der Waals surface area contributed by atoms with Gasteiger partial charge in [0.15, 0.2) is 0 Å². The van der Waals surface area contributed by atoms with Gasteiger partial charge in [-0.2, -0.15) is 0 Å². The molecule has 0 aromatic heterocycles. The average Bonchev–Trinajstić information content (AvgIpc) is 2.45. The molecule has 0 aromatic carbocycles. The number of hydrogen-bond acceptors (Lipinski definition) is 4. The molecule has 1 N–H and O–H groups in total. The Morgan fingerprint density at radius 3 is 2.33 bits per heavy atom. The maximum absolute atomic E-state index is 12.0. The van der Waals surface area contributed by atoms with Crippen molar-refractivity contribution in [1.29, 1.82) is 0 Å². The summed E-state index contributed by atoms with van der Waals surface area (Å²) in [6.45, 7) is 12.8. The number of nitrogens with one attached hydrogen (secondary N) is 1. The van der Waals surface area contributed by atoms with Gasteiger partial charge < -0.3 is 15.0 Å². The molecule has 0 atom stereocenters. The fourth-order valence-corrected chi connectivity index (χ4v) is 3.02. The molecule has 5 heteroatoms. The molecule has 2 fully saturated rings. The van der Waals surface area contributed by atoms with Crippen molar-refractivity contribution in [3.8, 4) is 0 Å². The van der Waals surface area contributed by atoms with Gasteiger partial charge in [-0.25, -0.2) is 4.79 Å².